The first-order valence-corrected chi connectivity index (χ1v) is 11.0. The lowest BCUT2D eigenvalue weighted by Crippen LogP contribution is -2.46. The predicted octanol–water partition coefficient (Wildman–Crippen LogP) is 2.68. The van der Waals surface area contributed by atoms with E-state index in [9.17, 15) is 14.4 Å². The average molecular weight is 486 g/mol. The first-order chi connectivity index (χ1) is 13.9. The second-order valence-electron chi connectivity index (χ2n) is 8.85. The van der Waals surface area contributed by atoms with Crippen molar-refractivity contribution in [2.24, 2.45) is 5.92 Å². The maximum Gasteiger partial charge on any atom is 0.410 e. The molecule has 168 valence electrons. The van der Waals surface area contributed by atoms with E-state index in [-0.39, 0.29) is 24.1 Å². The van der Waals surface area contributed by atoms with Crippen molar-refractivity contribution in [3.63, 3.8) is 0 Å². The van der Waals surface area contributed by atoms with Crippen LogP contribution in [0.5, 0.6) is 0 Å². The first kappa shape index (κ1) is 24.2. The molecule has 2 rings (SSSR count). The Hall–Kier alpha value is -2.10. The van der Waals surface area contributed by atoms with E-state index in [2.05, 4.69) is 31.5 Å². The summed E-state index contributed by atoms with van der Waals surface area (Å²) in [4.78, 5) is 43.8. The van der Waals surface area contributed by atoms with Crippen LogP contribution in [0.3, 0.4) is 0 Å². The quantitative estimate of drug-likeness (QED) is 0.666. The van der Waals surface area contributed by atoms with Crippen LogP contribution in [-0.4, -0.2) is 57.6 Å². The largest absolute Gasteiger partial charge is 0.444 e. The number of carbonyl (C=O) groups is 3. The smallest absolute Gasteiger partial charge is 0.410 e. The van der Waals surface area contributed by atoms with Crippen LogP contribution in [0.1, 0.15) is 63.6 Å². The summed E-state index contributed by atoms with van der Waals surface area (Å²) in [6, 6.07) is -0.661. The Morgan fingerprint density at radius 3 is 2.47 bits per heavy atom. The van der Waals surface area contributed by atoms with E-state index >= 15 is 0 Å². The predicted molar refractivity (Wildman–Crippen MR) is 116 cm³/mol. The molecule has 9 nitrogen and oxygen atoms in total. The summed E-state index contributed by atoms with van der Waals surface area (Å²) in [5, 5.41) is 5.39. The van der Waals surface area contributed by atoms with Gasteiger partial charge in [0.15, 0.2) is 10.4 Å². The highest BCUT2D eigenvalue weighted by atomic mass is 79.9. The van der Waals surface area contributed by atoms with Gasteiger partial charge in [0, 0.05) is 20.1 Å². The number of hydrogen-bond acceptors (Lipinski definition) is 5. The summed E-state index contributed by atoms with van der Waals surface area (Å²) in [7, 11) is 1.54. The van der Waals surface area contributed by atoms with E-state index in [1.807, 2.05) is 39.2 Å². The van der Waals surface area contributed by atoms with Crippen LogP contribution in [0.2, 0.25) is 0 Å². The molecule has 1 aliphatic heterocycles. The summed E-state index contributed by atoms with van der Waals surface area (Å²) in [5.74, 6) is -0.470. The van der Waals surface area contributed by atoms with Crippen LogP contribution in [0.4, 0.5) is 4.79 Å². The SMILES string of the molecule is CNC(=O)[C@H](CC(C)C)NC(=O)c1nc(Br)n2c1CN(C(=O)OC(C)(C)C)CCC2. The Balaban J connectivity index is 2.28. The number of nitrogens with zero attached hydrogens (tertiary/aromatic N) is 3. The molecule has 1 atom stereocenters. The number of ether oxygens (including phenoxy) is 1. The van der Waals surface area contributed by atoms with Gasteiger partial charge in [-0.2, -0.15) is 0 Å². The molecule has 1 aromatic rings. The number of halogens is 1. The normalized spacial score (nSPS) is 15.3. The van der Waals surface area contributed by atoms with Gasteiger partial charge >= 0.3 is 6.09 Å². The zero-order valence-corrected chi connectivity index (χ0v) is 20.1. The van der Waals surface area contributed by atoms with Gasteiger partial charge in [0.25, 0.3) is 5.91 Å². The Morgan fingerprint density at radius 2 is 1.90 bits per heavy atom. The molecule has 0 saturated heterocycles. The van der Waals surface area contributed by atoms with Gasteiger partial charge in [-0.15, -0.1) is 0 Å². The average Bonchev–Trinajstić information content (AvgIpc) is 2.80. The van der Waals surface area contributed by atoms with Gasteiger partial charge in [-0.1, -0.05) is 13.8 Å². The third kappa shape index (κ3) is 6.20. The van der Waals surface area contributed by atoms with Crippen LogP contribution < -0.4 is 10.6 Å². The number of nitrogens with one attached hydrogen (secondary N) is 2. The molecule has 0 saturated carbocycles. The number of carbonyl (C=O) groups excluding carboxylic acids is 3. The van der Waals surface area contributed by atoms with Crippen LogP contribution in [0.15, 0.2) is 4.73 Å². The van der Waals surface area contributed by atoms with Crippen molar-refractivity contribution in [3.8, 4) is 0 Å². The topological polar surface area (TPSA) is 106 Å². The molecule has 0 aromatic carbocycles. The van der Waals surface area contributed by atoms with Gasteiger partial charge in [-0.25, -0.2) is 9.78 Å². The fourth-order valence-corrected chi connectivity index (χ4v) is 3.86. The van der Waals surface area contributed by atoms with Crippen molar-refractivity contribution in [1.82, 2.24) is 25.1 Å². The molecule has 2 heterocycles. The standard InChI is InChI=1S/C20H32BrN5O4/c1-12(2)10-13(16(27)22-6)23-17(28)15-14-11-25(19(29)30-20(3,4)5)8-7-9-26(14)18(21)24-15/h12-13H,7-11H2,1-6H3,(H,22,27)(H,23,28)/t13-/m0/s1. The number of fused-ring (bicyclic) bond motifs is 1. The van der Waals surface area contributed by atoms with Crippen LogP contribution in [0.25, 0.3) is 0 Å². The molecule has 0 bridgehead atoms. The molecular formula is C20H32BrN5O4. The lowest BCUT2D eigenvalue weighted by Gasteiger charge is -2.26. The third-order valence-corrected chi connectivity index (χ3v) is 5.22. The van der Waals surface area contributed by atoms with Gasteiger partial charge < -0.3 is 24.8 Å². The van der Waals surface area contributed by atoms with E-state index in [0.29, 0.717) is 36.4 Å². The molecule has 0 unspecified atom stereocenters. The van der Waals surface area contributed by atoms with Crippen molar-refractivity contribution in [3.05, 3.63) is 16.1 Å². The summed E-state index contributed by atoms with van der Waals surface area (Å²) < 4.78 is 7.91. The fourth-order valence-electron chi connectivity index (χ4n) is 3.29. The maximum absolute atomic E-state index is 13.0. The lowest BCUT2D eigenvalue weighted by atomic mass is 10.0. The second kappa shape index (κ2) is 9.80. The maximum atomic E-state index is 13.0. The van der Waals surface area contributed by atoms with E-state index in [1.165, 1.54) is 0 Å². The Labute approximate surface area is 186 Å². The number of rotatable bonds is 5. The molecule has 0 fully saturated rings. The number of hydrogen-bond donors (Lipinski definition) is 2. The summed E-state index contributed by atoms with van der Waals surface area (Å²) >= 11 is 3.42. The monoisotopic (exact) mass is 485 g/mol. The Bertz CT molecular complexity index is 800. The second-order valence-corrected chi connectivity index (χ2v) is 9.56. The molecular weight excluding hydrogens is 454 g/mol. The van der Waals surface area contributed by atoms with Crippen LogP contribution in [-0.2, 0) is 22.6 Å². The molecule has 1 aliphatic rings. The zero-order chi connectivity index (χ0) is 22.6. The summed E-state index contributed by atoms with van der Waals surface area (Å²) in [6.07, 6.45) is 0.783. The van der Waals surface area contributed by atoms with Gasteiger partial charge in [0.2, 0.25) is 5.91 Å². The molecule has 0 spiro atoms. The molecule has 0 radical (unpaired) electrons. The van der Waals surface area contributed by atoms with Gasteiger partial charge in [-0.3, -0.25) is 9.59 Å². The highest BCUT2D eigenvalue weighted by Crippen LogP contribution is 2.24. The molecule has 30 heavy (non-hydrogen) atoms. The summed E-state index contributed by atoms with van der Waals surface area (Å²) in [5.41, 5.74) is 0.208. The van der Waals surface area contributed by atoms with Crippen molar-refractivity contribution in [2.45, 2.75) is 72.2 Å². The highest BCUT2D eigenvalue weighted by Gasteiger charge is 2.31. The highest BCUT2D eigenvalue weighted by molar-refractivity contribution is 9.10. The number of amides is 3. The van der Waals surface area contributed by atoms with E-state index < -0.39 is 23.6 Å². The minimum absolute atomic E-state index is 0.199. The molecule has 2 N–H and O–H groups in total. The fraction of sp³-hybridized carbons (Fsp3) is 0.700. The third-order valence-electron chi connectivity index (χ3n) is 4.62. The zero-order valence-electron chi connectivity index (χ0n) is 18.5. The van der Waals surface area contributed by atoms with Crippen molar-refractivity contribution in [1.29, 1.82) is 0 Å². The van der Waals surface area contributed by atoms with E-state index in [1.54, 1.807) is 11.9 Å². The number of aromatic nitrogens is 2. The molecule has 3 amide bonds. The van der Waals surface area contributed by atoms with Crippen LogP contribution >= 0.6 is 15.9 Å². The van der Waals surface area contributed by atoms with Crippen molar-refractivity contribution >= 4 is 33.8 Å². The molecule has 0 aliphatic carbocycles. The van der Waals surface area contributed by atoms with Crippen molar-refractivity contribution in [2.75, 3.05) is 13.6 Å². The lowest BCUT2D eigenvalue weighted by molar-refractivity contribution is -0.122. The number of likely N-dealkylation sites (N-methyl/N-ethyl adjacent to an activating group) is 1. The van der Waals surface area contributed by atoms with E-state index in [4.69, 9.17) is 4.74 Å². The van der Waals surface area contributed by atoms with Gasteiger partial charge in [0.1, 0.15) is 11.6 Å². The molecule has 10 heteroatoms. The minimum Gasteiger partial charge on any atom is -0.444 e. The Kier molecular flexibility index (Phi) is 7.90. The first-order valence-electron chi connectivity index (χ1n) is 10.2. The molecule has 1 aromatic heterocycles. The van der Waals surface area contributed by atoms with Crippen molar-refractivity contribution < 1.29 is 19.1 Å². The minimum atomic E-state index is -0.661. The number of imidazole rings is 1. The van der Waals surface area contributed by atoms with E-state index in [0.717, 1.165) is 0 Å². The van der Waals surface area contributed by atoms with Crippen LogP contribution in [0, 0.1) is 5.92 Å². The Morgan fingerprint density at radius 1 is 1.23 bits per heavy atom. The van der Waals surface area contributed by atoms with Gasteiger partial charge in [-0.05, 0) is 55.5 Å². The summed E-state index contributed by atoms with van der Waals surface area (Å²) in [6.45, 7) is 10.7. The van der Waals surface area contributed by atoms with Gasteiger partial charge in [0.05, 0.1) is 12.2 Å².